The number of nitrogens with zero attached hydrogens (tertiary/aromatic N) is 2. The Bertz CT molecular complexity index is 553. The van der Waals surface area contributed by atoms with Crippen LogP contribution in [0.3, 0.4) is 0 Å². The van der Waals surface area contributed by atoms with Crippen molar-refractivity contribution in [2.24, 2.45) is 11.8 Å². The van der Waals surface area contributed by atoms with Crippen LogP contribution >= 0.6 is 0 Å². The molecule has 1 saturated heterocycles. The van der Waals surface area contributed by atoms with Gasteiger partial charge in [-0.25, -0.2) is 0 Å². The van der Waals surface area contributed by atoms with E-state index in [0.29, 0.717) is 24.9 Å². The fourth-order valence-electron chi connectivity index (χ4n) is 3.08. The van der Waals surface area contributed by atoms with E-state index in [0.717, 1.165) is 38.2 Å². The molecule has 1 aliphatic carbocycles. The summed E-state index contributed by atoms with van der Waals surface area (Å²) < 4.78 is 0. The highest BCUT2D eigenvalue weighted by molar-refractivity contribution is 5.82. The van der Waals surface area contributed by atoms with Gasteiger partial charge in [-0.15, -0.1) is 0 Å². The number of piperazine rings is 1. The first kappa shape index (κ1) is 16.0. The fourth-order valence-corrected chi connectivity index (χ4v) is 3.08. The van der Waals surface area contributed by atoms with Gasteiger partial charge in [0.05, 0.1) is 6.54 Å². The molecule has 1 saturated carbocycles. The predicted molar refractivity (Wildman–Crippen MR) is 88.6 cm³/mol. The Morgan fingerprint density at radius 2 is 1.78 bits per heavy atom. The van der Waals surface area contributed by atoms with E-state index in [1.807, 2.05) is 35.2 Å². The summed E-state index contributed by atoms with van der Waals surface area (Å²) in [4.78, 5) is 28.3. The zero-order valence-electron chi connectivity index (χ0n) is 13.7. The normalized spacial score (nSPS) is 24.3. The lowest BCUT2D eigenvalue weighted by molar-refractivity contribution is -0.134. The molecule has 5 heteroatoms. The molecule has 0 aromatic heterocycles. The van der Waals surface area contributed by atoms with Crippen LogP contribution in [0.5, 0.6) is 0 Å². The molecule has 2 aliphatic rings. The number of hydrogen-bond donors (Lipinski definition) is 1. The van der Waals surface area contributed by atoms with Gasteiger partial charge in [-0.05, 0) is 17.9 Å². The number of amides is 2. The second-order valence-corrected chi connectivity index (χ2v) is 6.68. The molecule has 0 bridgehead atoms. The van der Waals surface area contributed by atoms with Crippen LogP contribution in [0.2, 0.25) is 0 Å². The summed E-state index contributed by atoms with van der Waals surface area (Å²) in [6.07, 6.45) is 1.04. The Hall–Kier alpha value is -1.88. The topological polar surface area (TPSA) is 52.7 Å². The minimum absolute atomic E-state index is 0.0458. The molecule has 0 spiro atoms. The van der Waals surface area contributed by atoms with Gasteiger partial charge < -0.3 is 10.2 Å². The Kier molecular flexibility index (Phi) is 4.96. The van der Waals surface area contributed by atoms with Crippen LogP contribution in [-0.2, 0) is 16.1 Å². The van der Waals surface area contributed by atoms with Gasteiger partial charge in [-0.1, -0.05) is 37.3 Å². The van der Waals surface area contributed by atoms with Crippen LogP contribution in [0.1, 0.15) is 18.9 Å². The smallest absolute Gasteiger partial charge is 0.234 e. The number of nitrogens with one attached hydrogen (secondary N) is 1. The van der Waals surface area contributed by atoms with Crippen molar-refractivity contribution in [3.05, 3.63) is 35.9 Å². The highest BCUT2D eigenvalue weighted by atomic mass is 16.2. The number of rotatable bonds is 5. The van der Waals surface area contributed by atoms with Crippen molar-refractivity contribution in [3.8, 4) is 0 Å². The van der Waals surface area contributed by atoms with Gasteiger partial charge in [0.2, 0.25) is 11.8 Å². The van der Waals surface area contributed by atoms with Gasteiger partial charge in [-0.3, -0.25) is 14.5 Å². The molecule has 1 aromatic carbocycles. The van der Waals surface area contributed by atoms with E-state index in [2.05, 4.69) is 17.1 Å². The largest absolute Gasteiger partial charge is 0.351 e. The molecule has 2 atom stereocenters. The summed E-state index contributed by atoms with van der Waals surface area (Å²) in [6, 6.07) is 9.92. The Balaban J connectivity index is 1.37. The maximum Gasteiger partial charge on any atom is 0.234 e. The average molecular weight is 315 g/mol. The van der Waals surface area contributed by atoms with Crippen molar-refractivity contribution >= 4 is 11.8 Å². The quantitative estimate of drug-likeness (QED) is 0.885. The minimum Gasteiger partial charge on any atom is -0.351 e. The van der Waals surface area contributed by atoms with E-state index >= 15 is 0 Å². The van der Waals surface area contributed by atoms with E-state index in [-0.39, 0.29) is 11.8 Å². The molecule has 0 unspecified atom stereocenters. The second-order valence-electron chi connectivity index (χ2n) is 6.68. The highest BCUT2D eigenvalue weighted by Crippen LogP contribution is 2.39. The molecule has 23 heavy (non-hydrogen) atoms. The third kappa shape index (κ3) is 4.32. The van der Waals surface area contributed by atoms with Crippen molar-refractivity contribution in [2.45, 2.75) is 19.9 Å². The van der Waals surface area contributed by atoms with Crippen molar-refractivity contribution in [1.82, 2.24) is 15.1 Å². The van der Waals surface area contributed by atoms with Gasteiger partial charge in [0.15, 0.2) is 0 Å². The Morgan fingerprint density at radius 1 is 1.13 bits per heavy atom. The summed E-state index contributed by atoms with van der Waals surface area (Å²) in [7, 11) is 0. The van der Waals surface area contributed by atoms with Gasteiger partial charge >= 0.3 is 0 Å². The van der Waals surface area contributed by atoms with Crippen LogP contribution < -0.4 is 5.32 Å². The monoisotopic (exact) mass is 315 g/mol. The summed E-state index contributed by atoms with van der Waals surface area (Å²) in [6.45, 7) is 6.17. The third-order valence-corrected chi connectivity index (χ3v) is 4.81. The summed E-state index contributed by atoms with van der Waals surface area (Å²) in [5.41, 5.74) is 1.11. The van der Waals surface area contributed by atoms with Gasteiger partial charge in [-0.2, -0.15) is 0 Å². The maximum absolute atomic E-state index is 12.2. The van der Waals surface area contributed by atoms with Gasteiger partial charge in [0, 0.05) is 38.6 Å². The summed E-state index contributed by atoms with van der Waals surface area (Å²) in [5.74, 6) is 1.18. The Labute approximate surface area is 137 Å². The lowest BCUT2D eigenvalue weighted by Crippen LogP contribution is -2.51. The second kappa shape index (κ2) is 7.13. The first-order chi connectivity index (χ1) is 11.1. The molecular formula is C18H25N3O2. The van der Waals surface area contributed by atoms with E-state index in [1.54, 1.807) is 0 Å². The first-order valence-corrected chi connectivity index (χ1v) is 8.45. The lowest BCUT2D eigenvalue weighted by atomic mass is 10.2. The molecule has 124 valence electrons. The molecule has 1 aromatic rings. The van der Waals surface area contributed by atoms with Crippen molar-refractivity contribution in [2.75, 3.05) is 32.7 Å². The highest BCUT2D eigenvalue weighted by Gasteiger charge is 2.41. The van der Waals surface area contributed by atoms with E-state index in [1.165, 1.54) is 0 Å². The number of benzene rings is 1. The van der Waals surface area contributed by atoms with Crippen LogP contribution in [-0.4, -0.2) is 54.3 Å². The predicted octanol–water partition coefficient (Wildman–Crippen LogP) is 1.10. The molecule has 5 nitrogen and oxygen atoms in total. The molecule has 0 radical (unpaired) electrons. The standard InChI is InChI=1S/C18H25N3O2/c1-14-11-16(14)18(23)21-9-7-20(8-10-21)13-17(22)19-12-15-5-3-2-4-6-15/h2-6,14,16H,7-13H2,1H3,(H,19,22)/t14-,16-/m1/s1. The van der Waals surface area contributed by atoms with E-state index in [4.69, 9.17) is 0 Å². The molecule has 1 heterocycles. The van der Waals surface area contributed by atoms with Gasteiger partial charge in [0.1, 0.15) is 0 Å². The first-order valence-electron chi connectivity index (χ1n) is 8.45. The molecule has 3 rings (SSSR count). The zero-order chi connectivity index (χ0) is 16.2. The molecule has 2 fully saturated rings. The molecule has 1 aliphatic heterocycles. The Morgan fingerprint density at radius 3 is 2.39 bits per heavy atom. The number of hydrogen-bond acceptors (Lipinski definition) is 3. The van der Waals surface area contributed by atoms with Crippen LogP contribution in [0.15, 0.2) is 30.3 Å². The van der Waals surface area contributed by atoms with Crippen LogP contribution in [0, 0.1) is 11.8 Å². The van der Waals surface area contributed by atoms with E-state index < -0.39 is 0 Å². The third-order valence-electron chi connectivity index (χ3n) is 4.81. The minimum atomic E-state index is 0.0458. The number of carbonyl (C=O) groups excluding carboxylic acids is 2. The summed E-state index contributed by atoms with van der Waals surface area (Å²) >= 11 is 0. The van der Waals surface area contributed by atoms with Crippen molar-refractivity contribution < 1.29 is 9.59 Å². The van der Waals surface area contributed by atoms with Crippen LogP contribution in [0.4, 0.5) is 0 Å². The average Bonchev–Trinajstić information content (AvgIpc) is 3.31. The van der Waals surface area contributed by atoms with Crippen molar-refractivity contribution in [3.63, 3.8) is 0 Å². The fraction of sp³-hybridized carbons (Fsp3) is 0.556. The van der Waals surface area contributed by atoms with Crippen LogP contribution in [0.25, 0.3) is 0 Å². The SMILES string of the molecule is C[C@@H]1C[C@H]1C(=O)N1CCN(CC(=O)NCc2ccccc2)CC1. The zero-order valence-corrected chi connectivity index (χ0v) is 13.7. The maximum atomic E-state index is 12.2. The van der Waals surface area contributed by atoms with E-state index in [9.17, 15) is 9.59 Å². The lowest BCUT2D eigenvalue weighted by Gasteiger charge is -2.34. The van der Waals surface area contributed by atoms with Gasteiger partial charge in [0.25, 0.3) is 0 Å². The van der Waals surface area contributed by atoms with Crippen molar-refractivity contribution in [1.29, 1.82) is 0 Å². The number of carbonyl (C=O) groups is 2. The molecular weight excluding hydrogens is 290 g/mol. The molecule has 2 amide bonds. The summed E-state index contributed by atoms with van der Waals surface area (Å²) in [5, 5.41) is 2.95. The molecule has 1 N–H and O–H groups in total.